The largest absolute Gasteiger partial charge is 0.486 e. The predicted molar refractivity (Wildman–Crippen MR) is 77.1 cm³/mol. The van der Waals surface area contributed by atoms with Gasteiger partial charge in [0.25, 0.3) is 0 Å². The second-order valence-corrected chi connectivity index (χ2v) is 5.54. The standard InChI is InChI=1S/C15H14N2O2S/c16-6-11-5-13(20-10-11)8-17-7-12-9-18-14-3-1-2-4-15(14)19-12/h1-5,10,12,17H,7-9H2. The number of nitriles is 1. The number of benzene rings is 1. The maximum atomic E-state index is 8.77. The molecule has 0 bridgehead atoms. The minimum absolute atomic E-state index is 0.0142. The third kappa shape index (κ3) is 2.93. The average molecular weight is 286 g/mol. The lowest BCUT2D eigenvalue weighted by atomic mass is 10.2. The molecular weight excluding hydrogens is 272 g/mol. The minimum atomic E-state index is 0.0142. The van der Waals surface area contributed by atoms with Gasteiger partial charge in [0.05, 0.1) is 5.56 Å². The Bertz CT molecular complexity index is 633. The van der Waals surface area contributed by atoms with Crippen LogP contribution in [0.4, 0.5) is 0 Å². The Balaban J connectivity index is 1.49. The molecule has 1 aromatic carbocycles. The van der Waals surface area contributed by atoms with Crippen LogP contribution in [-0.4, -0.2) is 19.3 Å². The Morgan fingerprint density at radius 1 is 1.35 bits per heavy atom. The quantitative estimate of drug-likeness (QED) is 0.938. The summed E-state index contributed by atoms with van der Waals surface area (Å²) in [6, 6.07) is 11.7. The summed E-state index contributed by atoms with van der Waals surface area (Å²) in [5, 5.41) is 14.0. The van der Waals surface area contributed by atoms with E-state index in [9.17, 15) is 0 Å². The average Bonchev–Trinajstić information content (AvgIpc) is 2.95. The van der Waals surface area contributed by atoms with Crippen LogP contribution in [0.3, 0.4) is 0 Å². The molecule has 1 unspecified atom stereocenters. The number of ether oxygens (including phenoxy) is 2. The van der Waals surface area contributed by atoms with Crippen LogP contribution in [0.1, 0.15) is 10.4 Å². The lowest BCUT2D eigenvalue weighted by Gasteiger charge is -2.26. The summed E-state index contributed by atoms with van der Waals surface area (Å²) in [6.07, 6.45) is 0.0142. The van der Waals surface area contributed by atoms with Crippen molar-refractivity contribution in [2.45, 2.75) is 12.6 Å². The van der Waals surface area contributed by atoms with Gasteiger partial charge >= 0.3 is 0 Å². The van der Waals surface area contributed by atoms with Crippen molar-refractivity contribution < 1.29 is 9.47 Å². The zero-order valence-electron chi connectivity index (χ0n) is 10.8. The van der Waals surface area contributed by atoms with E-state index in [-0.39, 0.29) is 6.10 Å². The summed E-state index contributed by atoms with van der Waals surface area (Å²) in [5.41, 5.74) is 0.720. The number of hydrogen-bond acceptors (Lipinski definition) is 5. The van der Waals surface area contributed by atoms with E-state index >= 15 is 0 Å². The van der Waals surface area contributed by atoms with E-state index in [1.54, 1.807) is 11.3 Å². The summed E-state index contributed by atoms with van der Waals surface area (Å²) in [7, 11) is 0. The lowest BCUT2D eigenvalue weighted by molar-refractivity contribution is 0.0903. The van der Waals surface area contributed by atoms with Crippen LogP contribution in [0.5, 0.6) is 11.5 Å². The van der Waals surface area contributed by atoms with Gasteiger partial charge in [0.1, 0.15) is 18.8 Å². The minimum Gasteiger partial charge on any atom is -0.486 e. The topological polar surface area (TPSA) is 54.3 Å². The second kappa shape index (κ2) is 5.95. The molecule has 0 spiro atoms. The summed E-state index contributed by atoms with van der Waals surface area (Å²) in [5.74, 6) is 1.61. The number of nitrogens with zero attached hydrogens (tertiary/aromatic N) is 1. The molecule has 1 aromatic heterocycles. The molecule has 2 heterocycles. The maximum Gasteiger partial charge on any atom is 0.161 e. The van der Waals surface area contributed by atoms with Gasteiger partial charge in [-0.1, -0.05) is 12.1 Å². The van der Waals surface area contributed by atoms with Gasteiger partial charge in [-0.2, -0.15) is 5.26 Å². The van der Waals surface area contributed by atoms with Crippen LogP contribution in [0.25, 0.3) is 0 Å². The van der Waals surface area contributed by atoms with E-state index < -0.39 is 0 Å². The summed E-state index contributed by atoms with van der Waals surface area (Å²) < 4.78 is 11.5. The van der Waals surface area contributed by atoms with Crippen LogP contribution in [0.15, 0.2) is 35.7 Å². The summed E-state index contributed by atoms with van der Waals surface area (Å²) >= 11 is 1.59. The normalized spacial score (nSPS) is 16.6. The first-order chi connectivity index (χ1) is 9.85. The Hall–Kier alpha value is -2.03. The zero-order chi connectivity index (χ0) is 13.8. The van der Waals surface area contributed by atoms with Gasteiger partial charge in [-0.15, -0.1) is 11.3 Å². The first-order valence-electron chi connectivity index (χ1n) is 6.42. The van der Waals surface area contributed by atoms with Crippen molar-refractivity contribution in [3.63, 3.8) is 0 Å². The molecule has 0 saturated heterocycles. The van der Waals surface area contributed by atoms with Crippen molar-refractivity contribution in [1.29, 1.82) is 5.26 Å². The third-order valence-corrected chi connectivity index (χ3v) is 3.96. The molecular formula is C15H14N2O2S. The number of para-hydroxylation sites is 2. The highest BCUT2D eigenvalue weighted by molar-refractivity contribution is 7.10. The van der Waals surface area contributed by atoms with Crippen LogP contribution in [-0.2, 0) is 6.54 Å². The van der Waals surface area contributed by atoms with E-state index in [4.69, 9.17) is 14.7 Å². The number of fused-ring (bicyclic) bond motifs is 1. The maximum absolute atomic E-state index is 8.77. The van der Waals surface area contributed by atoms with Crippen molar-refractivity contribution in [2.24, 2.45) is 0 Å². The molecule has 0 fully saturated rings. The molecule has 3 rings (SSSR count). The third-order valence-electron chi connectivity index (χ3n) is 3.02. The first kappa shape index (κ1) is 13.0. The Labute approximate surface area is 121 Å². The fraction of sp³-hybridized carbons (Fsp3) is 0.267. The van der Waals surface area contributed by atoms with E-state index in [1.807, 2.05) is 35.7 Å². The number of rotatable bonds is 4. The number of hydrogen-bond donors (Lipinski definition) is 1. The molecule has 0 radical (unpaired) electrons. The van der Waals surface area contributed by atoms with Crippen LogP contribution in [0.2, 0.25) is 0 Å². The molecule has 1 aliphatic rings. The SMILES string of the molecule is N#Cc1csc(CNCC2COc3ccccc3O2)c1. The summed E-state index contributed by atoms with van der Waals surface area (Å²) in [4.78, 5) is 1.15. The van der Waals surface area contributed by atoms with Crippen LogP contribution in [0, 0.1) is 11.3 Å². The van der Waals surface area contributed by atoms with Gasteiger partial charge in [-0.05, 0) is 18.2 Å². The Kier molecular flexibility index (Phi) is 3.86. The molecule has 1 aliphatic heterocycles. The van der Waals surface area contributed by atoms with Crippen LogP contribution >= 0.6 is 11.3 Å². The van der Waals surface area contributed by atoms with Crippen molar-refractivity contribution in [2.75, 3.05) is 13.2 Å². The molecule has 4 nitrogen and oxygen atoms in total. The molecule has 5 heteroatoms. The predicted octanol–water partition coefficient (Wildman–Crippen LogP) is 2.55. The molecule has 0 saturated carbocycles. The Morgan fingerprint density at radius 2 is 2.20 bits per heavy atom. The molecule has 0 amide bonds. The van der Waals surface area contributed by atoms with E-state index in [0.29, 0.717) is 13.2 Å². The van der Waals surface area contributed by atoms with Gasteiger partial charge in [0.2, 0.25) is 0 Å². The number of nitrogens with one attached hydrogen (secondary N) is 1. The van der Waals surface area contributed by atoms with Gasteiger partial charge in [-0.3, -0.25) is 0 Å². The smallest absolute Gasteiger partial charge is 0.161 e. The number of thiophene rings is 1. The molecule has 102 valence electrons. The van der Waals surface area contributed by atoms with Crippen LogP contribution < -0.4 is 14.8 Å². The molecule has 1 N–H and O–H groups in total. The highest BCUT2D eigenvalue weighted by Gasteiger charge is 2.19. The fourth-order valence-corrected chi connectivity index (χ4v) is 2.83. The second-order valence-electron chi connectivity index (χ2n) is 4.54. The molecule has 1 atom stereocenters. The van der Waals surface area contributed by atoms with Gasteiger partial charge in [0.15, 0.2) is 11.5 Å². The van der Waals surface area contributed by atoms with Crippen molar-refractivity contribution in [1.82, 2.24) is 5.32 Å². The molecule has 0 aliphatic carbocycles. The zero-order valence-corrected chi connectivity index (χ0v) is 11.7. The van der Waals surface area contributed by atoms with Crippen molar-refractivity contribution in [3.05, 3.63) is 46.2 Å². The highest BCUT2D eigenvalue weighted by Crippen LogP contribution is 2.30. The summed E-state index contributed by atoms with van der Waals surface area (Å²) in [6.45, 7) is 2.01. The molecule has 2 aromatic rings. The molecule has 20 heavy (non-hydrogen) atoms. The van der Waals surface area contributed by atoms with Gasteiger partial charge in [-0.25, -0.2) is 0 Å². The monoisotopic (exact) mass is 286 g/mol. The highest BCUT2D eigenvalue weighted by atomic mass is 32.1. The Morgan fingerprint density at radius 3 is 3.00 bits per heavy atom. The van der Waals surface area contributed by atoms with Gasteiger partial charge < -0.3 is 14.8 Å². The van der Waals surface area contributed by atoms with Gasteiger partial charge in [0, 0.05) is 23.3 Å². The fourth-order valence-electron chi connectivity index (χ4n) is 2.05. The first-order valence-corrected chi connectivity index (χ1v) is 7.30. The van der Waals surface area contributed by atoms with E-state index in [1.165, 1.54) is 0 Å². The van der Waals surface area contributed by atoms with Crippen molar-refractivity contribution >= 4 is 11.3 Å². The lowest BCUT2D eigenvalue weighted by Crippen LogP contribution is -2.38. The van der Waals surface area contributed by atoms with E-state index in [2.05, 4.69) is 11.4 Å². The van der Waals surface area contributed by atoms with E-state index in [0.717, 1.165) is 28.5 Å². The van der Waals surface area contributed by atoms with Crippen molar-refractivity contribution in [3.8, 4) is 17.6 Å².